The van der Waals surface area contributed by atoms with Crippen molar-refractivity contribution in [2.24, 2.45) is 0 Å². The molecule has 0 unspecified atom stereocenters. The molecular weight excluding hydrogens is 227 g/mol. The summed E-state index contributed by atoms with van der Waals surface area (Å²) in [5, 5.41) is 7.91. The van der Waals surface area contributed by atoms with E-state index in [2.05, 4.69) is 0 Å². The van der Waals surface area contributed by atoms with E-state index in [9.17, 15) is 9.18 Å². The number of carboxylic acid groups (broad SMARTS) is 1. The number of carbonyl (C=O) groups is 1. The first-order chi connectivity index (χ1) is 8.04. The molecule has 1 N–H and O–H groups in total. The number of hydrogen-bond donors (Lipinski definition) is 1. The average Bonchev–Trinajstić information content (AvgIpc) is 2.29. The molecular formula is C12H17FO4. The zero-order valence-corrected chi connectivity index (χ0v) is 10.2. The molecule has 96 valence electrons. The van der Waals surface area contributed by atoms with Crippen molar-refractivity contribution < 1.29 is 23.8 Å². The van der Waals surface area contributed by atoms with E-state index < -0.39 is 5.97 Å². The van der Waals surface area contributed by atoms with Gasteiger partial charge in [-0.3, -0.25) is 4.79 Å². The van der Waals surface area contributed by atoms with Gasteiger partial charge in [0.1, 0.15) is 5.82 Å². The number of carboxylic acids is 1. The Labute approximate surface area is 100.0 Å². The molecule has 0 heterocycles. The minimum absolute atomic E-state index is 0.292. The van der Waals surface area contributed by atoms with E-state index in [0.29, 0.717) is 17.9 Å². The molecule has 5 heteroatoms. The van der Waals surface area contributed by atoms with Crippen molar-refractivity contribution in [3.63, 3.8) is 0 Å². The molecule has 0 bridgehead atoms. The summed E-state index contributed by atoms with van der Waals surface area (Å²) in [7, 11) is 2.98. The monoisotopic (exact) mass is 244 g/mol. The van der Waals surface area contributed by atoms with E-state index in [1.54, 1.807) is 0 Å². The fraction of sp³-hybridized carbons (Fsp3) is 0.417. The van der Waals surface area contributed by atoms with Gasteiger partial charge in [0.05, 0.1) is 14.2 Å². The largest absolute Gasteiger partial charge is 0.493 e. The lowest BCUT2D eigenvalue weighted by molar-refractivity contribution is -0.137. The van der Waals surface area contributed by atoms with Crippen molar-refractivity contribution in [1.29, 1.82) is 0 Å². The summed E-state index contributed by atoms with van der Waals surface area (Å²) in [6, 6.07) is 4.12. The number of aliphatic carboxylic acids is 1. The fourth-order valence-electron chi connectivity index (χ4n) is 1.02. The number of methoxy groups -OCH3 is 2. The van der Waals surface area contributed by atoms with Gasteiger partial charge in [-0.1, -0.05) is 6.92 Å². The van der Waals surface area contributed by atoms with Crippen molar-refractivity contribution >= 4 is 5.97 Å². The molecule has 0 aliphatic heterocycles. The van der Waals surface area contributed by atoms with Gasteiger partial charge < -0.3 is 14.6 Å². The molecule has 4 nitrogen and oxygen atoms in total. The van der Waals surface area contributed by atoms with Crippen LogP contribution in [-0.4, -0.2) is 25.3 Å². The van der Waals surface area contributed by atoms with Gasteiger partial charge in [0.15, 0.2) is 11.5 Å². The van der Waals surface area contributed by atoms with Crippen LogP contribution in [0.1, 0.15) is 19.8 Å². The molecule has 1 rings (SSSR count). The number of halogens is 1. The molecule has 0 aliphatic carbocycles. The van der Waals surface area contributed by atoms with E-state index in [4.69, 9.17) is 14.6 Å². The predicted octanol–water partition coefficient (Wildman–Crippen LogP) is 2.71. The van der Waals surface area contributed by atoms with Crippen LogP contribution in [0.25, 0.3) is 0 Å². The zero-order valence-electron chi connectivity index (χ0n) is 10.2. The minimum Gasteiger partial charge on any atom is -0.493 e. The molecule has 0 saturated heterocycles. The topological polar surface area (TPSA) is 55.8 Å². The van der Waals surface area contributed by atoms with E-state index >= 15 is 0 Å². The molecule has 0 aromatic heterocycles. The second-order valence-corrected chi connectivity index (χ2v) is 3.14. The summed E-state index contributed by atoms with van der Waals surface area (Å²) < 4.78 is 22.3. The maximum absolute atomic E-state index is 12.5. The molecule has 1 aromatic carbocycles. The Morgan fingerprint density at radius 2 is 1.88 bits per heavy atom. The first kappa shape index (κ1) is 15.2. The Hall–Kier alpha value is -1.78. The summed E-state index contributed by atoms with van der Waals surface area (Å²) in [4.78, 5) is 9.60. The van der Waals surface area contributed by atoms with Gasteiger partial charge >= 0.3 is 5.97 Å². The quantitative estimate of drug-likeness (QED) is 0.884. The van der Waals surface area contributed by atoms with Crippen molar-refractivity contribution in [1.82, 2.24) is 0 Å². The Bertz CT molecular complexity index is 352. The summed E-state index contributed by atoms with van der Waals surface area (Å²) >= 11 is 0. The summed E-state index contributed by atoms with van der Waals surface area (Å²) in [5.41, 5.74) is 0. The minimum atomic E-state index is -0.711. The Morgan fingerprint density at radius 1 is 1.29 bits per heavy atom. The Balaban J connectivity index is 0.000000366. The van der Waals surface area contributed by atoms with Gasteiger partial charge in [-0.2, -0.15) is 0 Å². The summed E-state index contributed by atoms with van der Waals surface area (Å²) in [6.45, 7) is 1.84. The molecule has 1 aromatic rings. The number of hydrogen-bond acceptors (Lipinski definition) is 3. The smallest absolute Gasteiger partial charge is 0.303 e. The van der Waals surface area contributed by atoms with Crippen LogP contribution in [0, 0.1) is 5.82 Å². The van der Waals surface area contributed by atoms with Gasteiger partial charge in [-0.15, -0.1) is 0 Å². The summed E-state index contributed by atoms with van der Waals surface area (Å²) in [5.74, 6) is -0.0958. The first-order valence-electron chi connectivity index (χ1n) is 5.14. The second-order valence-electron chi connectivity index (χ2n) is 3.14. The van der Waals surface area contributed by atoms with Crippen LogP contribution in [-0.2, 0) is 4.79 Å². The highest BCUT2D eigenvalue weighted by atomic mass is 19.1. The predicted molar refractivity (Wildman–Crippen MR) is 62.0 cm³/mol. The number of benzene rings is 1. The third-order valence-corrected chi connectivity index (χ3v) is 1.81. The lowest BCUT2D eigenvalue weighted by Crippen LogP contribution is -1.90. The van der Waals surface area contributed by atoms with E-state index in [-0.39, 0.29) is 5.82 Å². The van der Waals surface area contributed by atoms with Crippen LogP contribution in [0.5, 0.6) is 11.5 Å². The number of rotatable bonds is 4. The molecule has 0 saturated carbocycles. The SMILES string of the molecule is CCCC(=O)O.COc1ccc(F)cc1OC. The van der Waals surface area contributed by atoms with Gasteiger partial charge in [0.2, 0.25) is 0 Å². The maximum atomic E-state index is 12.5. The van der Waals surface area contributed by atoms with Crippen LogP contribution >= 0.6 is 0 Å². The lowest BCUT2D eigenvalue weighted by atomic mass is 10.3. The highest BCUT2D eigenvalue weighted by Gasteiger charge is 2.02. The zero-order chi connectivity index (χ0) is 13.3. The normalized spacial score (nSPS) is 8.94. The van der Waals surface area contributed by atoms with Crippen LogP contribution < -0.4 is 9.47 Å². The van der Waals surface area contributed by atoms with Gasteiger partial charge in [0, 0.05) is 12.5 Å². The van der Waals surface area contributed by atoms with Crippen molar-refractivity contribution in [2.45, 2.75) is 19.8 Å². The Morgan fingerprint density at radius 3 is 2.24 bits per heavy atom. The number of ether oxygens (including phenoxy) is 2. The third kappa shape index (κ3) is 6.40. The molecule has 0 amide bonds. The molecule has 0 fully saturated rings. The Kier molecular flexibility index (Phi) is 7.50. The maximum Gasteiger partial charge on any atom is 0.303 e. The van der Waals surface area contributed by atoms with Crippen LogP contribution in [0.2, 0.25) is 0 Å². The van der Waals surface area contributed by atoms with Crippen molar-refractivity contribution in [3.8, 4) is 11.5 Å². The van der Waals surface area contributed by atoms with Crippen molar-refractivity contribution in [2.75, 3.05) is 14.2 Å². The standard InChI is InChI=1S/C8H9FO2.C4H8O2/c1-10-7-4-3-6(9)5-8(7)11-2;1-2-3-4(5)6/h3-5H,1-2H3;2-3H2,1H3,(H,5,6). The molecule has 0 radical (unpaired) electrons. The molecule has 0 aliphatic rings. The average molecular weight is 244 g/mol. The molecule has 0 atom stereocenters. The summed E-state index contributed by atoms with van der Waals surface area (Å²) in [6.07, 6.45) is 1.02. The van der Waals surface area contributed by atoms with Crippen LogP contribution in [0.4, 0.5) is 4.39 Å². The third-order valence-electron chi connectivity index (χ3n) is 1.81. The first-order valence-corrected chi connectivity index (χ1v) is 5.14. The van der Waals surface area contributed by atoms with Gasteiger partial charge in [-0.05, 0) is 18.6 Å². The van der Waals surface area contributed by atoms with Crippen molar-refractivity contribution in [3.05, 3.63) is 24.0 Å². The highest BCUT2D eigenvalue weighted by molar-refractivity contribution is 5.66. The van der Waals surface area contributed by atoms with Crippen LogP contribution in [0.15, 0.2) is 18.2 Å². The second kappa shape index (κ2) is 8.38. The highest BCUT2D eigenvalue weighted by Crippen LogP contribution is 2.26. The molecule has 17 heavy (non-hydrogen) atoms. The van der Waals surface area contributed by atoms with E-state index in [1.807, 2.05) is 6.92 Å². The molecule has 0 spiro atoms. The van der Waals surface area contributed by atoms with Crippen LogP contribution in [0.3, 0.4) is 0 Å². The van der Waals surface area contributed by atoms with E-state index in [0.717, 1.165) is 6.42 Å². The van der Waals surface area contributed by atoms with Gasteiger partial charge in [-0.25, -0.2) is 4.39 Å². The fourth-order valence-corrected chi connectivity index (χ4v) is 1.02. The van der Waals surface area contributed by atoms with E-state index in [1.165, 1.54) is 32.4 Å². The lowest BCUT2D eigenvalue weighted by Gasteiger charge is -2.05. The van der Waals surface area contributed by atoms with Gasteiger partial charge in [0.25, 0.3) is 0 Å².